The standard InChI is InChI=1S/C10H22N2O/c1-3-9(4-2)12-8-10-7-11-5-6-13-10/h9-12H,3-8H2,1-2H3. The predicted molar refractivity (Wildman–Crippen MR) is 55.0 cm³/mol. The second-order valence-corrected chi connectivity index (χ2v) is 3.62. The van der Waals surface area contributed by atoms with Crippen molar-refractivity contribution >= 4 is 0 Å². The minimum absolute atomic E-state index is 0.370. The Labute approximate surface area is 81.2 Å². The van der Waals surface area contributed by atoms with Crippen LogP contribution in [0.25, 0.3) is 0 Å². The van der Waals surface area contributed by atoms with E-state index < -0.39 is 0 Å². The molecule has 13 heavy (non-hydrogen) atoms. The molecule has 1 unspecified atom stereocenters. The SMILES string of the molecule is CCC(CC)NCC1CNCCO1. The quantitative estimate of drug-likeness (QED) is 0.665. The number of ether oxygens (including phenoxy) is 1. The van der Waals surface area contributed by atoms with E-state index in [1.54, 1.807) is 0 Å². The number of nitrogens with one attached hydrogen (secondary N) is 2. The van der Waals surface area contributed by atoms with E-state index in [1.807, 2.05) is 0 Å². The van der Waals surface area contributed by atoms with Crippen LogP contribution < -0.4 is 10.6 Å². The van der Waals surface area contributed by atoms with Crippen molar-refractivity contribution in [1.29, 1.82) is 0 Å². The van der Waals surface area contributed by atoms with Gasteiger partial charge in [-0.1, -0.05) is 13.8 Å². The molecule has 0 bridgehead atoms. The Hall–Kier alpha value is -0.120. The monoisotopic (exact) mass is 186 g/mol. The van der Waals surface area contributed by atoms with E-state index >= 15 is 0 Å². The molecule has 1 heterocycles. The summed E-state index contributed by atoms with van der Waals surface area (Å²) in [6.07, 6.45) is 2.78. The van der Waals surface area contributed by atoms with E-state index in [4.69, 9.17) is 4.74 Å². The molecule has 0 aromatic rings. The molecule has 0 aliphatic carbocycles. The van der Waals surface area contributed by atoms with Gasteiger partial charge in [-0.3, -0.25) is 0 Å². The van der Waals surface area contributed by atoms with Crippen LogP contribution in [0, 0.1) is 0 Å². The van der Waals surface area contributed by atoms with Crippen molar-refractivity contribution in [2.45, 2.75) is 38.8 Å². The third kappa shape index (κ3) is 4.07. The Morgan fingerprint density at radius 2 is 2.23 bits per heavy atom. The fraction of sp³-hybridized carbons (Fsp3) is 1.00. The summed E-state index contributed by atoms with van der Waals surface area (Å²) in [5.41, 5.74) is 0. The Balaban J connectivity index is 2.09. The molecule has 2 N–H and O–H groups in total. The fourth-order valence-electron chi connectivity index (χ4n) is 1.63. The molecule has 0 aromatic carbocycles. The minimum atomic E-state index is 0.370. The molecule has 1 fully saturated rings. The minimum Gasteiger partial charge on any atom is -0.374 e. The Morgan fingerprint density at radius 1 is 1.46 bits per heavy atom. The normalized spacial score (nSPS) is 23.8. The first-order valence-corrected chi connectivity index (χ1v) is 5.42. The number of rotatable bonds is 5. The summed E-state index contributed by atoms with van der Waals surface area (Å²) in [4.78, 5) is 0. The summed E-state index contributed by atoms with van der Waals surface area (Å²) in [5.74, 6) is 0. The predicted octanol–water partition coefficient (Wildman–Crippen LogP) is 0.753. The highest BCUT2D eigenvalue weighted by atomic mass is 16.5. The lowest BCUT2D eigenvalue weighted by Crippen LogP contribution is -2.45. The maximum Gasteiger partial charge on any atom is 0.0824 e. The zero-order valence-corrected chi connectivity index (χ0v) is 8.81. The maximum absolute atomic E-state index is 5.59. The van der Waals surface area contributed by atoms with Gasteiger partial charge < -0.3 is 15.4 Å². The zero-order chi connectivity index (χ0) is 9.52. The van der Waals surface area contributed by atoms with Crippen LogP contribution in [-0.2, 0) is 4.74 Å². The van der Waals surface area contributed by atoms with Gasteiger partial charge in [-0.05, 0) is 12.8 Å². The lowest BCUT2D eigenvalue weighted by Gasteiger charge is -2.25. The van der Waals surface area contributed by atoms with Crippen LogP contribution in [0.15, 0.2) is 0 Å². The largest absolute Gasteiger partial charge is 0.374 e. The van der Waals surface area contributed by atoms with Crippen LogP contribution in [0.3, 0.4) is 0 Å². The molecule has 3 nitrogen and oxygen atoms in total. The third-order valence-corrected chi connectivity index (χ3v) is 2.62. The van der Waals surface area contributed by atoms with Crippen molar-refractivity contribution in [3.05, 3.63) is 0 Å². The highest BCUT2D eigenvalue weighted by molar-refractivity contribution is 4.72. The second-order valence-electron chi connectivity index (χ2n) is 3.62. The van der Waals surface area contributed by atoms with Gasteiger partial charge in [-0.2, -0.15) is 0 Å². The van der Waals surface area contributed by atoms with E-state index in [0.717, 1.165) is 26.2 Å². The van der Waals surface area contributed by atoms with Crippen LogP contribution in [0.4, 0.5) is 0 Å². The molecule has 1 saturated heterocycles. The average Bonchev–Trinajstić information content (AvgIpc) is 2.21. The lowest BCUT2D eigenvalue weighted by atomic mass is 10.1. The molecule has 0 aromatic heterocycles. The van der Waals surface area contributed by atoms with Crippen molar-refractivity contribution in [3.63, 3.8) is 0 Å². The highest BCUT2D eigenvalue weighted by Gasteiger charge is 2.13. The van der Waals surface area contributed by atoms with E-state index in [9.17, 15) is 0 Å². The Kier molecular flexibility index (Phi) is 5.35. The summed E-state index contributed by atoms with van der Waals surface area (Å²) in [6, 6.07) is 0.658. The van der Waals surface area contributed by atoms with E-state index in [0.29, 0.717) is 12.1 Å². The first-order chi connectivity index (χ1) is 6.36. The van der Waals surface area contributed by atoms with Crippen molar-refractivity contribution < 1.29 is 4.74 Å². The van der Waals surface area contributed by atoms with Gasteiger partial charge in [-0.25, -0.2) is 0 Å². The molecular weight excluding hydrogens is 164 g/mol. The number of hydrogen-bond acceptors (Lipinski definition) is 3. The van der Waals surface area contributed by atoms with Crippen LogP contribution in [0.2, 0.25) is 0 Å². The molecule has 78 valence electrons. The molecule has 1 aliphatic rings. The second kappa shape index (κ2) is 6.35. The van der Waals surface area contributed by atoms with Gasteiger partial charge in [0.2, 0.25) is 0 Å². The highest BCUT2D eigenvalue weighted by Crippen LogP contribution is 1.99. The molecule has 0 amide bonds. The smallest absolute Gasteiger partial charge is 0.0824 e. The summed E-state index contributed by atoms with van der Waals surface area (Å²) in [7, 11) is 0. The molecule has 0 spiro atoms. The van der Waals surface area contributed by atoms with Gasteiger partial charge in [0, 0.05) is 25.7 Å². The van der Waals surface area contributed by atoms with Crippen molar-refractivity contribution in [1.82, 2.24) is 10.6 Å². The van der Waals surface area contributed by atoms with Crippen molar-refractivity contribution in [2.24, 2.45) is 0 Å². The zero-order valence-electron chi connectivity index (χ0n) is 8.81. The number of hydrogen-bond donors (Lipinski definition) is 2. The number of morpholine rings is 1. The molecular formula is C10H22N2O. The van der Waals surface area contributed by atoms with Gasteiger partial charge in [0.1, 0.15) is 0 Å². The van der Waals surface area contributed by atoms with Gasteiger partial charge in [0.05, 0.1) is 12.7 Å². The Bertz CT molecular complexity index is 120. The van der Waals surface area contributed by atoms with E-state index in [1.165, 1.54) is 12.8 Å². The topological polar surface area (TPSA) is 33.3 Å². The molecule has 0 saturated carbocycles. The van der Waals surface area contributed by atoms with Crippen LogP contribution in [0.5, 0.6) is 0 Å². The molecule has 3 heteroatoms. The van der Waals surface area contributed by atoms with Crippen molar-refractivity contribution in [2.75, 3.05) is 26.2 Å². The van der Waals surface area contributed by atoms with Gasteiger partial charge in [0.15, 0.2) is 0 Å². The van der Waals surface area contributed by atoms with Crippen LogP contribution in [0.1, 0.15) is 26.7 Å². The van der Waals surface area contributed by atoms with Gasteiger partial charge in [0.25, 0.3) is 0 Å². The Morgan fingerprint density at radius 3 is 2.77 bits per heavy atom. The molecule has 0 radical (unpaired) electrons. The van der Waals surface area contributed by atoms with Crippen LogP contribution >= 0.6 is 0 Å². The molecule has 1 aliphatic heterocycles. The molecule has 1 atom stereocenters. The van der Waals surface area contributed by atoms with E-state index in [2.05, 4.69) is 24.5 Å². The lowest BCUT2D eigenvalue weighted by molar-refractivity contribution is 0.0274. The summed E-state index contributed by atoms with van der Waals surface area (Å²) < 4.78 is 5.59. The van der Waals surface area contributed by atoms with E-state index in [-0.39, 0.29) is 0 Å². The average molecular weight is 186 g/mol. The summed E-state index contributed by atoms with van der Waals surface area (Å²) in [5, 5.41) is 6.85. The summed E-state index contributed by atoms with van der Waals surface area (Å²) >= 11 is 0. The first kappa shape index (κ1) is 11.0. The fourth-order valence-corrected chi connectivity index (χ4v) is 1.63. The van der Waals surface area contributed by atoms with Crippen LogP contribution in [-0.4, -0.2) is 38.4 Å². The molecule has 1 rings (SSSR count). The van der Waals surface area contributed by atoms with Gasteiger partial charge in [-0.15, -0.1) is 0 Å². The maximum atomic E-state index is 5.59. The summed E-state index contributed by atoms with van der Waals surface area (Å²) in [6.45, 7) is 8.28. The van der Waals surface area contributed by atoms with Crippen molar-refractivity contribution in [3.8, 4) is 0 Å². The first-order valence-electron chi connectivity index (χ1n) is 5.42. The third-order valence-electron chi connectivity index (χ3n) is 2.62. The van der Waals surface area contributed by atoms with Gasteiger partial charge >= 0.3 is 0 Å².